The van der Waals surface area contributed by atoms with Gasteiger partial charge in [0, 0.05) is 31.2 Å². The molecule has 0 aromatic heterocycles. The number of hydrogen-bond donors (Lipinski definition) is 2. The molecule has 8 heteroatoms. The number of nitrogens with two attached hydrogens (primary N) is 1. The van der Waals surface area contributed by atoms with Crippen LogP contribution in [0.3, 0.4) is 0 Å². The van der Waals surface area contributed by atoms with Gasteiger partial charge in [-0.2, -0.15) is 4.31 Å². The molecule has 0 aliphatic carbocycles. The van der Waals surface area contributed by atoms with E-state index in [1.54, 1.807) is 12.1 Å². The molecule has 140 valence electrons. The second-order valence-electron chi connectivity index (χ2n) is 6.58. The Hall–Kier alpha value is -1.48. The molecule has 1 unspecified atom stereocenters. The second kappa shape index (κ2) is 8.75. The highest BCUT2D eigenvalue weighted by atomic mass is 32.2. The third kappa shape index (κ3) is 5.24. The number of carbonyl (C=O) groups is 1. The Labute approximate surface area is 149 Å². The van der Waals surface area contributed by atoms with Crippen LogP contribution in [0.15, 0.2) is 29.2 Å². The lowest BCUT2D eigenvalue weighted by Crippen LogP contribution is -2.41. The zero-order valence-electron chi connectivity index (χ0n) is 14.8. The molecule has 0 bridgehead atoms. The topological polar surface area (TPSA) is 102 Å². The van der Waals surface area contributed by atoms with Gasteiger partial charge in [-0.15, -0.1) is 0 Å². The van der Waals surface area contributed by atoms with Gasteiger partial charge in [-0.05, 0) is 30.5 Å². The summed E-state index contributed by atoms with van der Waals surface area (Å²) in [7, 11) is -3.62. The van der Waals surface area contributed by atoms with E-state index in [9.17, 15) is 13.2 Å². The maximum atomic E-state index is 12.7. The first-order chi connectivity index (χ1) is 11.8. The van der Waals surface area contributed by atoms with Crippen molar-refractivity contribution in [3.63, 3.8) is 0 Å². The molecule has 1 aromatic carbocycles. The van der Waals surface area contributed by atoms with E-state index >= 15 is 0 Å². The lowest BCUT2D eigenvalue weighted by atomic mass is 10.0. The predicted molar refractivity (Wildman–Crippen MR) is 95.8 cm³/mol. The normalized spacial score (nSPS) is 17.4. The molecule has 1 amide bonds. The number of morpholine rings is 1. The van der Waals surface area contributed by atoms with Gasteiger partial charge in [0.2, 0.25) is 10.0 Å². The summed E-state index contributed by atoms with van der Waals surface area (Å²) in [5, 5.41) is 2.88. The van der Waals surface area contributed by atoms with Crippen LogP contribution in [0, 0.1) is 5.92 Å². The van der Waals surface area contributed by atoms with Crippen molar-refractivity contribution in [2.75, 3.05) is 32.8 Å². The van der Waals surface area contributed by atoms with Crippen molar-refractivity contribution in [2.24, 2.45) is 11.7 Å². The van der Waals surface area contributed by atoms with E-state index in [-0.39, 0.29) is 16.8 Å². The summed E-state index contributed by atoms with van der Waals surface area (Å²) in [6.07, 6.45) is 0.772. The number of rotatable bonds is 7. The first kappa shape index (κ1) is 19.8. The number of carbonyl (C=O) groups excluding carboxylic acids is 1. The minimum atomic E-state index is -3.62. The Morgan fingerprint density at radius 2 is 2.00 bits per heavy atom. The third-order valence-electron chi connectivity index (χ3n) is 4.08. The van der Waals surface area contributed by atoms with E-state index in [0.717, 1.165) is 6.42 Å². The summed E-state index contributed by atoms with van der Waals surface area (Å²) >= 11 is 0. The minimum absolute atomic E-state index is 0.121. The number of nitrogens with one attached hydrogen (secondary N) is 1. The predicted octanol–water partition coefficient (Wildman–Crippen LogP) is 0.811. The summed E-state index contributed by atoms with van der Waals surface area (Å²) in [4.78, 5) is 12.6. The number of amides is 1. The van der Waals surface area contributed by atoms with Gasteiger partial charge in [-0.3, -0.25) is 4.79 Å². The van der Waals surface area contributed by atoms with Crippen molar-refractivity contribution < 1.29 is 17.9 Å². The summed E-state index contributed by atoms with van der Waals surface area (Å²) in [5.74, 6) is 0.0945. The second-order valence-corrected chi connectivity index (χ2v) is 8.52. The number of hydrogen-bond acceptors (Lipinski definition) is 5. The first-order valence-electron chi connectivity index (χ1n) is 8.53. The highest BCUT2D eigenvalue weighted by molar-refractivity contribution is 7.89. The molecule has 25 heavy (non-hydrogen) atoms. The standard InChI is InChI=1S/C17H27N3O4S/c1-13(2)10-15(12-18)19-17(21)14-4-3-5-16(11-14)25(22,23)20-6-8-24-9-7-20/h3-5,11,13,15H,6-10,12,18H2,1-2H3,(H,19,21). The van der Waals surface area contributed by atoms with Crippen molar-refractivity contribution in [3.8, 4) is 0 Å². The van der Waals surface area contributed by atoms with Crippen molar-refractivity contribution >= 4 is 15.9 Å². The molecule has 7 nitrogen and oxygen atoms in total. The van der Waals surface area contributed by atoms with E-state index in [2.05, 4.69) is 19.2 Å². The molecule has 1 fully saturated rings. The molecule has 0 saturated carbocycles. The first-order valence-corrected chi connectivity index (χ1v) is 9.97. The zero-order chi connectivity index (χ0) is 18.4. The van der Waals surface area contributed by atoms with Crippen LogP contribution in [0.5, 0.6) is 0 Å². The van der Waals surface area contributed by atoms with Crippen LogP contribution in [0.1, 0.15) is 30.6 Å². The summed E-state index contributed by atoms with van der Waals surface area (Å²) in [5.41, 5.74) is 6.03. The smallest absolute Gasteiger partial charge is 0.251 e. The highest BCUT2D eigenvalue weighted by Crippen LogP contribution is 2.18. The van der Waals surface area contributed by atoms with Crippen LogP contribution in [0.4, 0.5) is 0 Å². The van der Waals surface area contributed by atoms with Crippen LogP contribution >= 0.6 is 0 Å². The molecule has 1 heterocycles. The van der Waals surface area contributed by atoms with Gasteiger partial charge < -0.3 is 15.8 Å². The Morgan fingerprint density at radius 3 is 2.60 bits per heavy atom. The van der Waals surface area contributed by atoms with Crippen LogP contribution in [-0.2, 0) is 14.8 Å². The molecule has 1 atom stereocenters. The SMILES string of the molecule is CC(C)CC(CN)NC(=O)c1cccc(S(=O)(=O)N2CCOCC2)c1. The van der Waals surface area contributed by atoms with Gasteiger partial charge in [0.05, 0.1) is 18.1 Å². The van der Waals surface area contributed by atoms with Crippen molar-refractivity contribution in [3.05, 3.63) is 29.8 Å². The molecule has 1 aliphatic rings. The van der Waals surface area contributed by atoms with Crippen LogP contribution in [-0.4, -0.2) is 57.5 Å². The fourth-order valence-electron chi connectivity index (χ4n) is 2.79. The van der Waals surface area contributed by atoms with Gasteiger partial charge in [0.25, 0.3) is 5.91 Å². The van der Waals surface area contributed by atoms with Crippen LogP contribution in [0.25, 0.3) is 0 Å². The zero-order valence-corrected chi connectivity index (χ0v) is 15.6. The number of benzene rings is 1. The number of sulfonamides is 1. The van der Waals surface area contributed by atoms with Gasteiger partial charge in [0.1, 0.15) is 0 Å². The average molecular weight is 369 g/mol. The average Bonchev–Trinajstić information content (AvgIpc) is 2.61. The summed E-state index contributed by atoms with van der Waals surface area (Å²) in [6, 6.07) is 5.99. The fourth-order valence-corrected chi connectivity index (χ4v) is 4.24. The molecular formula is C17H27N3O4S. The Morgan fingerprint density at radius 1 is 1.32 bits per heavy atom. The van der Waals surface area contributed by atoms with Crippen molar-refractivity contribution in [1.82, 2.24) is 9.62 Å². The van der Waals surface area contributed by atoms with Gasteiger partial charge in [-0.25, -0.2) is 8.42 Å². The minimum Gasteiger partial charge on any atom is -0.379 e. The summed E-state index contributed by atoms with van der Waals surface area (Å²) < 4.78 is 32.0. The maximum absolute atomic E-state index is 12.7. The van der Waals surface area contributed by atoms with E-state index < -0.39 is 10.0 Å². The third-order valence-corrected chi connectivity index (χ3v) is 5.97. The Balaban J connectivity index is 2.16. The molecule has 3 N–H and O–H groups in total. The fraction of sp³-hybridized carbons (Fsp3) is 0.588. The molecular weight excluding hydrogens is 342 g/mol. The van der Waals surface area contributed by atoms with Crippen LogP contribution < -0.4 is 11.1 Å². The molecule has 1 saturated heterocycles. The number of ether oxygens (including phenoxy) is 1. The van der Waals surface area contributed by atoms with Crippen molar-refractivity contribution in [1.29, 1.82) is 0 Å². The monoisotopic (exact) mass is 369 g/mol. The van der Waals surface area contributed by atoms with Crippen molar-refractivity contribution in [2.45, 2.75) is 31.2 Å². The largest absolute Gasteiger partial charge is 0.379 e. The lowest BCUT2D eigenvalue weighted by molar-refractivity contribution is 0.0730. The van der Waals surface area contributed by atoms with Gasteiger partial charge >= 0.3 is 0 Å². The molecule has 1 aliphatic heterocycles. The maximum Gasteiger partial charge on any atom is 0.251 e. The molecule has 1 aromatic rings. The van der Waals surface area contributed by atoms with E-state index in [1.807, 2.05) is 0 Å². The summed E-state index contributed by atoms with van der Waals surface area (Å²) in [6.45, 7) is 5.87. The van der Waals surface area contributed by atoms with E-state index in [0.29, 0.717) is 44.3 Å². The van der Waals surface area contributed by atoms with Crippen LogP contribution in [0.2, 0.25) is 0 Å². The molecule has 0 spiro atoms. The van der Waals surface area contributed by atoms with E-state index in [4.69, 9.17) is 10.5 Å². The Kier molecular flexibility index (Phi) is 6.95. The quantitative estimate of drug-likeness (QED) is 0.741. The number of nitrogens with zero attached hydrogens (tertiary/aromatic N) is 1. The van der Waals surface area contributed by atoms with E-state index in [1.165, 1.54) is 16.4 Å². The lowest BCUT2D eigenvalue weighted by Gasteiger charge is -2.26. The Bertz CT molecular complexity index is 685. The van der Waals surface area contributed by atoms with Gasteiger partial charge in [0.15, 0.2) is 0 Å². The highest BCUT2D eigenvalue weighted by Gasteiger charge is 2.27. The molecule has 0 radical (unpaired) electrons. The molecule has 2 rings (SSSR count). The van der Waals surface area contributed by atoms with Gasteiger partial charge in [-0.1, -0.05) is 19.9 Å².